The van der Waals surface area contributed by atoms with Crippen LogP contribution in [0.15, 0.2) is 6.07 Å². The molecule has 0 aliphatic heterocycles. The van der Waals surface area contributed by atoms with Gasteiger partial charge in [0.1, 0.15) is 0 Å². The number of carbonyl (C=O) groups is 1. The Morgan fingerprint density at radius 3 is 2.80 bits per heavy atom. The molecule has 82 valence electrons. The van der Waals surface area contributed by atoms with Gasteiger partial charge in [0.25, 0.3) is 5.91 Å². The van der Waals surface area contributed by atoms with E-state index in [1.807, 2.05) is 13.8 Å². The molecule has 0 spiro atoms. The Labute approximate surface area is 97.6 Å². The lowest BCUT2D eigenvalue weighted by molar-refractivity contribution is 0.0942. The molecule has 5 heteroatoms. The number of hydrogen-bond acceptors (Lipinski definition) is 3. The van der Waals surface area contributed by atoms with Gasteiger partial charge >= 0.3 is 0 Å². The van der Waals surface area contributed by atoms with Gasteiger partial charge in [-0.25, -0.2) is 0 Å². The number of carbonyl (C=O) groups excluding carboxylic acids is 1. The fourth-order valence-corrected chi connectivity index (χ4v) is 1.28. The van der Waals surface area contributed by atoms with E-state index in [-0.39, 0.29) is 11.9 Å². The summed E-state index contributed by atoms with van der Waals surface area (Å²) in [6.07, 6.45) is 0. The Morgan fingerprint density at radius 1 is 1.53 bits per heavy atom. The lowest BCUT2D eigenvalue weighted by Gasteiger charge is -2.11. The summed E-state index contributed by atoms with van der Waals surface area (Å²) in [7, 11) is 0. The number of nitrogens with zero attached hydrogens (tertiary/aromatic N) is 2. The molecule has 1 unspecified atom stereocenters. The quantitative estimate of drug-likeness (QED) is 0.850. The van der Waals surface area contributed by atoms with E-state index < -0.39 is 0 Å². The fraction of sp³-hybridized carbons (Fsp3) is 0.500. The molecule has 1 rings (SSSR count). The van der Waals surface area contributed by atoms with Crippen LogP contribution in [0.3, 0.4) is 0 Å². The first kappa shape index (κ1) is 12.1. The lowest BCUT2D eigenvalue weighted by Crippen LogP contribution is -2.34. The third kappa shape index (κ3) is 3.27. The van der Waals surface area contributed by atoms with E-state index in [0.717, 1.165) is 11.0 Å². The molecule has 1 N–H and O–H groups in total. The Bertz CT molecular complexity index is 368. The van der Waals surface area contributed by atoms with Gasteiger partial charge in [0.2, 0.25) is 0 Å². The van der Waals surface area contributed by atoms with Crippen LogP contribution in [-0.2, 0) is 0 Å². The van der Waals surface area contributed by atoms with Crippen LogP contribution in [0.2, 0.25) is 0 Å². The van der Waals surface area contributed by atoms with E-state index >= 15 is 0 Å². The summed E-state index contributed by atoms with van der Waals surface area (Å²) < 4.78 is 0. The highest BCUT2D eigenvalue weighted by Crippen LogP contribution is 2.05. The normalized spacial score (nSPS) is 12.3. The minimum Gasteiger partial charge on any atom is -0.349 e. The van der Waals surface area contributed by atoms with Crippen molar-refractivity contribution in [2.75, 3.05) is 5.33 Å². The molecular formula is C10H14BrN3O. The van der Waals surface area contributed by atoms with Crippen LogP contribution in [0.1, 0.15) is 28.7 Å². The number of rotatable bonds is 3. The van der Waals surface area contributed by atoms with Gasteiger partial charge in [0.15, 0.2) is 0 Å². The predicted molar refractivity (Wildman–Crippen MR) is 62.2 cm³/mol. The average molecular weight is 272 g/mol. The van der Waals surface area contributed by atoms with Gasteiger partial charge < -0.3 is 5.32 Å². The first-order valence-electron chi connectivity index (χ1n) is 4.72. The molecule has 0 bridgehead atoms. The van der Waals surface area contributed by atoms with Gasteiger partial charge in [-0.1, -0.05) is 15.9 Å². The molecule has 0 fully saturated rings. The molecule has 1 atom stereocenters. The first-order valence-corrected chi connectivity index (χ1v) is 5.84. The minimum absolute atomic E-state index is 0.0996. The maximum Gasteiger partial charge on any atom is 0.253 e. The van der Waals surface area contributed by atoms with Crippen LogP contribution in [-0.4, -0.2) is 27.5 Å². The van der Waals surface area contributed by atoms with E-state index in [4.69, 9.17) is 0 Å². The van der Waals surface area contributed by atoms with E-state index in [9.17, 15) is 4.79 Å². The zero-order valence-corrected chi connectivity index (χ0v) is 10.6. The van der Waals surface area contributed by atoms with E-state index in [1.54, 1.807) is 13.0 Å². The van der Waals surface area contributed by atoms with Crippen LogP contribution in [0.5, 0.6) is 0 Å². The minimum atomic E-state index is -0.0996. The molecule has 15 heavy (non-hydrogen) atoms. The summed E-state index contributed by atoms with van der Waals surface area (Å²) in [5, 5.41) is 11.4. The van der Waals surface area contributed by atoms with Crippen molar-refractivity contribution in [2.45, 2.75) is 26.8 Å². The molecule has 1 aromatic heterocycles. The Hall–Kier alpha value is -0.970. The van der Waals surface area contributed by atoms with Crippen LogP contribution < -0.4 is 5.32 Å². The molecule has 0 aliphatic carbocycles. The van der Waals surface area contributed by atoms with E-state index in [2.05, 4.69) is 31.4 Å². The maximum absolute atomic E-state index is 11.8. The Balaban J connectivity index is 2.86. The van der Waals surface area contributed by atoms with Crippen molar-refractivity contribution in [1.29, 1.82) is 0 Å². The van der Waals surface area contributed by atoms with Crippen molar-refractivity contribution < 1.29 is 4.79 Å². The summed E-state index contributed by atoms with van der Waals surface area (Å²) in [6.45, 7) is 5.53. The van der Waals surface area contributed by atoms with Crippen LogP contribution in [0.25, 0.3) is 0 Å². The summed E-state index contributed by atoms with van der Waals surface area (Å²) in [5.74, 6) is -0.0996. The first-order chi connectivity index (χ1) is 7.04. The zero-order chi connectivity index (χ0) is 11.4. The molecule has 4 nitrogen and oxygen atoms in total. The second-order valence-corrected chi connectivity index (χ2v) is 4.16. The number of aromatic nitrogens is 2. The Kier molecular flexibility index (Phi) is 4.20. The molecule has 0 saturated heterocycles. The molecule has 1 heterocycles. The van der Waals surface area contributed by atoms with Crippen molar-refractivity contribution in [2.24, 2.45) is 0 Å². The van der Waals surface area contributed by atoms with Crippen molar-refractivity contribution >= 4 is 21.8 Å². The van der Waals surface area contributed by atoms with Crippen molar-refractivity contribution in [3.63, 3.8) is 0 Å². The molecule has 0 aliphatic rings. The van der Waals surface area contributed by atoms with Crippen molar-refractivity contribution in [3.05, 3.63) is 23.0 Å². The number of amides is 1. The monoisotopic (exact) mass is 271 g/mol. The number of halogens is 1. The molecule has 0 aromatic carbocycles. The van der Waals surface area contributed by atoms with E-state index in [0.29, 0.717) is 11.3 Å². The van der Waals surface area contributed by atoms with Gasteiger partial charge in [-0.05, 0) is 26.8 Å². The number of nitrogens with one attached hydrogen (secondary N) is 1. The molecule has 0 saturated carbocycles. The van der Waals surface area contributed by atoms with Crippen LogP contribution >= 0.6 is 15.9 Å². The maximum atomic E-state index is 11.8. The largest absolute Gasteiger partial charge is 0.349 e. The van der Waals surface area contributed by atoms with Crippen LogP contribution in [0, 0.1) is 13.8 Å². The van der Waals surface area contributed by atoms with Crippen LogP contribution in [0.4, 0.5) is 0 Å². The summed E-state index contributed by atoms with van der Waals surface area (Å²) in [6, 6.07) is 1.85. The zero-order valence-electron chi connectivity index (χ0n) is 9.04. The molecule has 1 amide bonds. The highest BCUT2D eigenvalue weighted by Gasteiger charge is 2.12. The summed E-state index contributed by atoms with van der Waals surface area (Å²) >= 11 is 3.31. The topological polar surface area (TPSA) is 54.9 Å². The third-order valence-electron chi connectivity index (χ3n) is 1.95. The van der Waals surface area contributed by atoms with Gasteiger partial charge in [-0.15, -0.1) is 0 Å². The standard InChI is InChI=1S/C10H14BrN3O/c1-6-4-9(8(3)14-13-6)10(15)12-7(2)5-11/h4,7H,5H2,1-3H3,(H,12,15). The smallest absolute Gasteiger partial charge is 0.253 e. The van der Waals surface area contributed by atoms with Gasteiger partial charge in [-0.2, -0.15) is 10.2 Å². The van der Waals surface area contributed by atoms with Gasteiger partial charge in [-0.3, -0.25) is 4.79 Å². The lowest BCUT2D eigenvalue weighted by atomic mass is 10.2. The third-order valence-corrected chi connectivity index (χ3v) is 2.93. The molecular weight excluding hydrogens is 258 g/mol. The second-order valence-electron chi connectivity index (χ2n) is 3.51. The molecule has 0 radical (unpaired) electrons. The van der Waals surface area contributed by atoms with E-state index in [1.165, 1.54) is 0 Å². The molecule has 1 aromatic rings. The number of alkyl halides is 1. The van der Waals surface area contributed by atoms with Crippen molar-refractivity contribution in [1.82, 2.24) is 15.5 Å². The SMILES string of the molecule is Cc1cc(C(=O)NC(C)CBr)c(C)nn1. The average Bonchev–Trinajstić information content (AvgIpc) is 2.21. The van der Waals surface area contributed by atoms with Gasteiger partial charge in [0, 0.05) is 11.4 Å². The predicted octanol–water partition coefficient (Wildman–Crippen LogP) is 1.61. The second kappa shape index (κ2) is 5.21. The highest BCUT2D eigenvalue weighted by atomic mass is 79.9. The highest BCUT2D eigenvalue weighted by molar-refractivity contribution is 9.09. The Morgan fingerprint density at radius 2 is 2.20 bits per heavy atom. The number of aryl methyl sites for hydroxylation is 2. The number of hydrogen-bond donors (Lipinski definition) is 1. The summed E-state index contributed by atoms with van der Waals surface area (Å²) in [5.41, 5.74) is 1.99. The van der Waals surface area contributed by atoms with Gasteiger partial charge in [0.05, 0.1) is 17.0 Å². The van der Waals surface area contributed by atoms with Crippen molar-refractivity contribution in [3.8, 4) is 0 Å². The summed E-state index contributed by atoms with van der Waals surface area (Å²) in [4.78, 5) is 11.8. The fourth-order valence-electron chi connectivity index (χ4n) is 1.12.